The molecule has 0 saturated carbocycles. The monoisotopic (exact) mass is 395 g/mol. The average molecular weight is 395 g/mol. The van der Waals surface area contributed by atoms with Crippen LogP contribution in [0.3, 0.4) is 0 Å². The minimum absolute atomic E-state index is 0.234. The number of nitrogens with zero attached hydrogens (tertiary/aromatic N) is 1. The molecule has 1 aliphatic rings. The van der Waals surface area contributed by atoms with Gasteiger partial charge in [-0.3, -0.25) is 4.79 Å². The summed E-state index contributed by atoms with van der Waals surface area (Å²) in [7, 11) is 0. The molecule has 1 atom stereocenters. The maximum absolute atomic E-state index is 13.1. The molecule has 4 heteroatoms. The first-order chi connectivity index (χ1) is 14.6. The van der Waals surface area contributed by atoms with Gasteiger partial charge in [0, 0.05) is 29.7 Å². The van der Waals surface area contributed by atoms with Crippen LogP contribution in [0.25, 0.3) is 0 Å². The first-order valence-electron chi connectivity index (χ1n) is 9.89. The number of fused-ring (bicyclic) bond motifs is 1. The Hall–Kier alpha value is -3.84. The van der Waals surface area contributed by atoms with E-state index >= 15 is 0 Å². The second-order valence-electron chi connectivity index (χ2n) is 7.28. The summed E-state index contributed by atoms with van der Waals surface area (Å²) in [6.07, 6.45) is 0.901. The molecule has 4 rings (SSSR count). The van der Waals surface area contributed by atoms with Crippen molar-refractivity contribution in [2.24, 2.45) is 0 Å². The van der Waals surface area contributed by atoms with Crippen LogP contribution in [0, 0.1) is 11.8 Å². The zero-order chi connectivity index (χ0) is 20.9. The van der Waals surface area contributed by atoms with Crippen LogP contribution >= 0.6 is 0 Å². The van der Waals surface area contributed by atoms with E-state index in [-0.39, 0.29) is 12.3 Å². The van der Waals surface area contributed by atoms with Crippen molar-refractivity contribution < 1.29 is 14.7 Å². The molecule has 3 aromatic rings. The Morgan fingerprint density at radius 1 is 0.933 bits per heavy atom. The molecule has 148 valence electrons. The number of carbonyl (C=O) groups is 2. The highest BCUT2D eigenvalue weighted by molar-refractivity contribution is 5.99. The third kappa shape index (κ3) is 4.26. The Bertz CT molecular complexity index is 1130. The Morgan fingerprint density at radius 3 is 2.30 bits per heavy atom. The van der Waals surface area contributed by atoms with E-state index in [0.29, 0.717) is 18.5 Å². The molecular formula is C26H21NO3. The predicted molar refractivity (Wildman–Crippen MR) is 115 cm³/mol. The molecule has 3 aromatic carbocycles. The van der Waals surface area contributed by atoms with E-state index in [2.05, 4.69) is 11.8 Å². The number of benzene rings is 3. The van der Waals surface area contributed by atoms with Crippen molar-refractivity contribution in [3.63, 3.8) is 0 Å². The van der Waals surface area contributed by atoms with Gasteiger partial charge in [-0.25, -0.2) is 4.79 Å². The van der Waals surface area contributed by atoms with Crippen molar-refractivity contribution in [1.29, 1.82) is 0 Å². The fourth-order valence-electron chi connectivity index (χ4n) is 3.72. The number of aliphatic carboxylic acids is 1. The van der Waals surface area contributed by atoms with Gasteiger partial charge < -0.3 is 10.0 Å². The van der Waals surface area contributed by atoms with E-state index in [9.17, 15) is 14.7 Å². The molecule has 0 radical (unpaired) electrons. The van der Waals surface area contributed by atoms with Crippen molar-refractivity contribution in [3.05, 3.63) is 107 Å². The van der Waals surface area contributed by atoms with E-state index in [1.54, 1.807) is 6.07 Å². The zero-order valence-corrected chi connectivity index (χ0v) is 16.4. The number of rotatable bonds is 4. The molecule has 0 aliphatic carbocycles. The van der Waals surface area contributed by atoms with E-state index in [1.807, 2.05) is 72.8 Å². The number of carbonyl (C=O) groups excluding carboxylic acids is 1. The number of amides is 1. The van der Waals surface area contributed by atoms with Crippen LogP contribution in [0.5, 0.6) is 0 Å². The van der Waals surface area contributed by atoms with Gasteiger partial charge >= 0.3 is 5.97 Å². The minimum Gasteiger partial charge on any atom is -0.480 e. The largest absolute Gasteiger partial charge is 0.480 e. The van der Waals surface area contributed by atoms with Crippen molar-refractivity contribution in [2.45, 2.75) is 18.9 Å². The van der Waals surface area contributed by atoms with Gasteiger partial charge in [-0.1, -0.05) is 60.4 Å². The lowest BCUT2D eigenvalue weighted by Gasteiger charge is -2.33. The van der Waals surface area contributed by atoms with Gasteiger partial charge in [-0.05, 0) is 47.9 Å². The van der Waals surface area contributed by atoms with Crippen LogP contribution in [0.15, 0.2) is 78.9 Å². The molecule has 1 N–H and O–H groups in total. The lowest BCUT2D eigenvalue weighted by molar-refractivity contribution is -0.142. The maximum atomic E-state index is 13.1. The number of carboxylic acids is 1. The second-order valence-corrected chi connectivity index (χ2v) is 7.28. The molecule has 4 nitrogen and oxygen atoms in total. The van der Waals surface area contributed by atoms with Crippen LogP contribution in [-0.2, 0) is 17.6 Å². The first-order valence-corrected chi connectivity index (χ1v) is 9.89. The summed E-state index contributed by atoms with van der Waals surface area (Å²) in [5.74, 6) is 5.05. The van der Waals surface area contributed by atoms with Gasteiger partial charge in [0.15, 0.2) is 0 Å². The summed E-state index contributed by atoms with van der Waals surface area (Å²) >= 11 is 0. The number of hydrogen-bond acceptors (Lipinski definition) is 2. The van der Waals surface area contributed by atoms with Gasteiger partial charge in [0.1, 0.15) is 6.04 Å². The molecule has 1 unspecified atom stereocenters. The van der Waals surface area contributed by atoms with Crippen LogP contribution in [0.2, 0.25) is 0 Å². The molecule has 0 aromatic heterocycles. The number of hydrogen-bond donors (Lipinski definition) is 1. The molecule has 0 saturated heterocycles. The lowest BCUT2D eigenvalue weighted by atomic mass is 9.94. The highest BCUT2D eigenvalue weighted by Crippen LogP contribution is 2.23. The van der Waals surface area contributed by atoms with Gasteiger partial charge in [0.2, 0.25) is 0 Å². The average Bonchev–Trinajstić information content (AvgIpc) is 2.78. The smallest absolute Gasteiger partial charge is 0.326 e. The van der Waals surface area contributed by atoms with Crippen LogP contribution in [0.4, 0.5) is 0 Å². The molecule has 0 fully saturated rings. The topological polar surface area (TPSA) is 57.6 Å². The van der Waals surface area contributed by atoms with Crippen molar-refractivity contribution in [1.82, 2.24) is 4.90 Å². The first kappa shape index (κ1) is 19.5. The Balaban J connectivity index is 1.56. The van der Waals surface area contributed by atoms with Gasteiger partial charge in [-0.15, -0.1) is 0 Å². The van der Waals surface area contributed by atoms with Crippen molar-refractivity contribution >= 4 is 11.9 Å². The molecule has 1 amide bonds. The van der Waals surface area contributed by atoms with Crippen LogP contribution in [0.1, 0.15) is 32.6 Å². The minimum atomic E-state index is -0.985. The van der Waals surface area contributed by atoms with Gasteiger partial charge in [-0.2, -0.15) is 0 Å². The van der Waals surface area contributed by atoms with Crippen molar-refractivity contribution in [3.8, 4) is 11.8 Å². The van der Waals surface area contributed by atoms with Crippen LogP contribution < -0.4 is 0 Å². The molecule has 1 heterocycles. The molecule has 30 heavy (non-hydrogen) atoms. The number of carboxylic acid groups (broad SMARTS) is 1. The standard InChI is InChI=1S/C26H21NO3/c28-25-23-14-13-21(12-11-19-7-3-1-4-8-19)17-22(23)15-16-27(25)24(26(29)30)18-20-9-5-2-6-10-20/h1-10,13-14,17,24H,15-16,18H2,(H,29,30). The maximum Gasteiger partial charge on any atom is 0.326 e. The Morgan fingerprint density at radius 2 is 1.60 bits per heavy atom. The lowest BCUT2D eigenvalue weighted by Crippen LogP contribution is -2.49. The normalized spacial score (nSPS) is 13.7. The Kier molecular flexibility index (Phi) is 5.63. The van der Waals surface area contributed by atoms with Gasteiger partial charge in [0.05, 0.1) is 0 Å². The zero-order valence-electron chi connectivity index (χ0n) is 16.4. The fraction of sp³-hybridized carbons (Fsp3) is 0.154. The second kappa shape index (κ2) is 8.67. The summed E-state index contributed by atoms with van der Waals surface area (Å²) < 4.78 is 0. The summed E-state index contributed by atoms with van der Waals surface area (Å²) in [5.41, 5.74) is 4.15. The summed E-state index contributed by atoms with van der Waals surface area (Å²) in [4.78, 5) is 26.5. The quantitative estimate of drug-likeness (QED) is 0.684. The van der Waals surface area contributed by atoms with E-state index < -0.39 is 12.0 Å². The van der Waals surface area contributed by atoms with Gasteiger partial charge in [0.25, 0.3) is 5.91 Å². The Labute approximate surface area is 175 Å². The molecule has 0 spiro atoms. The third-order valence-corrected chi connectivity index (χ3v) is 5.28. The van der Waals surface area contributed by atoms with E-state index in [1.165, 1.54) is 4.90 Å². The van der Waals surface area contributed by atoms with Crippen LogP contribution in [-0.4, -0.2) is 34.5 Å². The van der Waals surface area contributed by atoms with Crippen molar-refractivity contribution in [2.75, 3.05) is 6.54 Å². The SMILES string of the molecule is O=C(O)C(Cc1ccccc1)N1CCc2cc(C#Cc3ccccc3)ccc2C1=O. The predicted octanol–water partition coefficient (Wildman–Crippen LogP) is 3.78. The van der Waals surface area contributed by atoms with E-state index in [0.717, 1.165) is 22.3 Å². The summed E-state index contributed by atoms with van der Waals surface area (Å²) in [6, 6.07) is 23.8. The summed E-state index contributed by atoms with van der Waals surface area (Å²) in [6.45, 7) is 0.380. The molecule has 0 bridgehead atoms. The summed E-state index contributed by atoms with van der Waals surface area (Å²) in [5, 5.41) is 9.76. The highest BCUT2D eigenvalue weighted by Gasteiger charge is 2.34. The third-order valence-electron chi connectivity index (χ3n) is 5.28. The molecule has 1 aliphatic heterocycles. The van der Waals surface area contributed by atoms with E-state index in [4.69, 9.17) is 0 Å². The molecular weight excluding hydrogens is 374 g/mol. The highest BCUT2D eigenvalue weighted by atomic mass is 16.4. The fourth-order valence-corrected chi connectivity index (χ4v) is 3.72.